The van der Waals surface area contributed by atoms with Crippen LogP contribution >= 0.6 is 11.8 Å². The molecule has 0 aliphatic carbocycles. The molecule has 0 aliphatic heterocycles. The number of nitrogens with zero attached hydrogens (tertiary/aromatic N) is 4. The van der Waals surface area contributed by atoms with Crippen LogP contribution < -0.4 is 11.2 Å². The van der Waals surface area contributed by atoms with Gasteiger partial charge >= 0.3 is 5.69 Å². The van der Waals surface area contributed by atoms with Gasteiger partial charge in [0.15, 0.2) is 5.65 Å². The smallest absolute Gasteiger partial charge is 0.275 e. The van der Waals surface area contributed by atoms with Gasteiger partial charge in [-0.05, 0) is 44.8 Å². The molecule has 30 heavy (non-hydrogen) atoms. The molecular weight excluding hydrogens is 420 g/mol. The van der Waals surface area contributed by atoms with E-state index >= 15 is 0 Å². The topological polar surface area (TPSA) is 78.9 Å². The van der Waals surface area contributed by atoms with Crippen molar-refractivity contribution in [3.63, 3.8) is 0 Å². The van der Waals surface area contributed by atoms with Crippen molar-refractivity contribution >= 4 is 38.2 Å². The number of rotatable bonds is 5. The Labute approximate surface area is 180 Å². The molecule has 0 amide bonds. The van der Waals surface area contributed by atoms with E-state index < -0.39 is 9.52 Å². The largest absolute Gasteiger partial charge is 0.332 e. The second kappa shape index (κ2) is 7.77. The molecule has 7 nitrogen and oxygen atoms in total. The monoisotopic (exact) mass is 448 g/mol. The molecule has 162 valence electrons. The Hall–Kier alpha value is -2.26. The van der Waals surface area contributed by atoms with Gasteiger partial charge in [0.2, 0.25) is 0 Å². The van der Waals surface area contributed by atoms with E-state index in [4.69, 9.17) is 0 Å². The highest BCUT2D eigenvalue weighted by atomic mass is 32.2. The van der Waals surface area contributed by atoms with Crippen molar-refractivity contribution in [3.8, 4) is 0 Å². The van der Waals surface area contributed by atoms with E-state index in [0.717, 1.165) is 10.1 Å². The molecule has 0 N–H and O–H groups in total. The zero-order chi connectivity index (χ0) is 22.4. The van der Waals surface area contributed by atoms with Gasteiger partial charge in [-0.15, -0.1) is 11.8 Å². The first-order chi connectivity index (χ1) is 13.8. The molecule has 0 fully saturated rings. The Morgan fingerprint density at radius 3 is 2.27 bits per heavy atom. The minimum absolute atomic E-state index is 0.158. The first-order valence-electron chi connectivity index (χ1n) is 9.49. The maximum absolute atomic E-state index is 12.9. The van der Waals surface area contributed by atoms with Crippen molar-refractivity contribution in [2.45, 2.75) is 43.8 Å². The van der Waals surface area contributed by atoms with E-state index in [9.17, 15) is 13.8 Å². The quantitative estimate of drug-likeness (QED) is 0.442. The molecule has 1 atom stereocenters. The zero-order valence-corrected chi connectivity index (χ0v) is 19.9. The van der Waals surface area contributed by atoms with Gasteiger partial charge in [0.25, 0.3) is 5.56 Å². The van der Waals surface area contributed by atoms with Gasteiger partial charge in [0.05, 0.1) is 6.54 Å². The third kappa shape index (κ3) is 4.27. The van der Waals surface area contributed by atoms with Crippen LogP contribution in [0.4, 0.5) is 0 Å². The van der Waals surface area contributed by atoms with E-state index in [1.54, 1.807) is 27.6 Å². The third-order valence-electron chi connectivity index (χ3n) is 4.76. The SMILES string of the molecule is C=S(C)(=O)c1ccc(Cn2nc3c(c2SC)c(=O)n(C)c(=O)n3CC(C)(C)C)cc1. The fraction of sp³-hybridized carbons (Fsp3) is 0.429. The molecular formula is C21H28N4O3S2. The molecule has 1 aromatic carbocycles. The summed E-state index contributed by atoms with van der Waals surface area (Å²) >= 11 is 1.43. The van der Waals surface area contributed by atoms with Gasteiger partial charge in [0.1, 0.15) is 10.4 Å². The highest BCUT2D eigenvalue weighted by Crippen LogP contribution is 2.26. The Bertz CT molecular complexity index is 1320. The fourth-order valence-corrected chi connectivity index (χ4v) is 4.73. The van der Waals surface area contributed by atoms with Crippen LogP contribution in [-0.2, 0) is 29.7 Å². The van der Waals surface area contributed by atoms with Crippen molar-refractivity contribution in [2.75, 3.05) is 12.5 Å². The van der Waals surface area contributed by atoms with Crippen LogP contribution in [0.5, 0.6) is 0 Å². The van der Waals surface area contributed by atoms with E-state index in [-0.39, 0.29) is 16.7 Å². The fourth-order valence-electron chi connectivity index (χ4n) is 3.32. The molecule has 3 rings (SSSR count). The lowest BCUT2D eigenvalue weighted by Gasteiger charge is -2.20. The number of thioether (sulfide) groups is 1. The highest BCUT2D eigenvalue weighted by molar-refractivity contribution is 7.99. The first-order valence-corrected chi connectivity index (χ1v) is 12.8. The lowest BCUT2D eigenvalue weighted by Crippen LogP contribution is -2.40. The number of benzene rings is 1. The lowest BCUT2D eigenvalue weighted by molar-refractivity contribution is 0.337. The summed E-state index contributed by atoms with van der Waals surface area (Å²) in [5, 5.41) is 5.85. The molecule has 0 aliphatic rings. The predicted molar refractivity (Wildman–Crippen MR) is 125 cm³/mol. The summed E-state index contributed by atoms with van der Waals surface area (Å²) in [5.41, 5.74) is 0.501. The van der Waals surface area contributed by atoms with E-state index in [1.807, 2.05) is 39.2 Å². The molecule has 0 bridgehead atoms. The molecule has 2 heterocycles. The number of hydrogen-bond acceptors (Lipinski definition) is 5. The summed E-state index contributed by atoms with van der Waals surface area (Å²) in [6.07, 6.45) is 3.50. The third-order valence-corrected chi connectivity index (χ3v) is 6.83. The van der Waals surface area contributed by atoms with Crippen LogP contribution in [0.25, 0.3) is 11.0 Å². The maximum Gasteiger partial charge on any atom is 0.332 e. The molecule has 1 unspecified atom stereocenters. The predicted octanol–water partition coefficient (Wildman–Crippen LogP) is 2.42. The minimum atomic E-state index is -2.27. The van der Waals surface area contributed by atoms with Crippen LogP contribution in [-0.4, -0.2) is 41.5 Å². The summed E-state index contributed by atoms with van der Waals surface area (Å²) in [4.78, 5) is 26.4. The van der Waals surface area contributed by atoms with Crippen molar-refractivity contribution in [1.82, 2.24) is 18.9 Å². The van der Waals surface area contributed by atoms with Crippen molar-refractivity contribution < 1.29 is 4.21 Å². The molecule has 3 aromatic rings. The van der Waals surface area contributed by atoms with Gasteiger partial charge in [-0.25, -0.2) is 4.79 Å². The van der Waals surface area contributed by atoms with E-state index in [1.165, 1.54) is 18.8 Å². The standard InChI is InChI=1S/C21H28N4O3S2/c1-21(2,3)13-24-17-16(18(26)23(4)20(24)27)19(29-5)25(22-17)12-14-8-10-15(11-9-14)30(6,7)28/h8-11H,6,12-13H2,1-5,7H3. The molecule has 0 radical (unpaired) electrons. The van der Waals surface area contributed by atoms with Crippen LogP contribution in [0.1, 0.15) is 26.3 Å². The van der Waals surface area contributed by atoms with E-state index in [2.05, 4.69) is 11.0 Å². The van der Waals surface area contributed by atoms with Crippen LogP contribution in [0.15, 0.2) is 43.8 Å². The lowest BCUT2D eigenvalue weighted by atomic mass is 9.97. The Morgan fingerprint density at radius 1 is 1.17 bits per heavy atom. The minimum Gasteiger partial charge on any atom is -0.275 e. The van der Waals surface area contributed by atoms with Gasteiger partial charge in [-0.3, -0.25) is 22.8 Å². The second-order valence-corrected chi connectivity index (χ2v) is 12.1. The second-order valence-electron chi connectivity index (χ2n) is 8.81. The van der Waals surface area contributed by atoms with Gasteiger partial charge < -0.3 is 0 Å². The maximum atomic E-state index is 12.9. The summed E-state index contributed by atoms with van der Waals surface area (Å²) < 4.78 is 16.6. The van der Waals surface area contributed by atoms with Crippen LogP contribution in [0.2, 0.25) is 0 Å². The summed E-state index contributed by atoms with van der Waals surface area (Å²) in [5.74, 6) is 3.71. The van der Waals surface area contributed by atoms with E-state index in [0.29, 0.717) is 34.0 Å². The number of fused-ring (bicyclic) bond motifs is 1. The Balaban J connectivity index is 2.19. The summed E-state index contributed by atoms with van der Waals surface area (Å²) in [7, 11) is -0.768. The molecule has 0 spiro atoms. The van der Waals surface area contributed by atoms with Crippen molar-refractivity contribution in [2.24, 2.45) is 12.5 Å². The Morgan fingerprint density at radius 2 is 1.77 bits per heavy atom. The average molecular weight is 449 g/mol. The normalized spacial score (nSPS) is 14.2. The van der Waals surface area contributed by atoms with Crippen LogP contribution in [0, 0.1) is 5.41 Å². The summed E-state index contributed by atoms with van der Waals surface area (Å²) in [6, 6.07) is 7.39. The molecule has 0 saturated heterocycles. The van der Waals surface area contributed by atoms with Crippen molar-refractivity contribution in [3.05, 3.63) is 50.7 Å². The van der Waals surface area contributed by atoms with Gasteiger partial charge in [0, 0.05) is 24.7 Å². The average Bonchev–Trinajstić information content (AvgIpc) is 3.00. The Kier molecular flexibility index (Phi) is 5.81. The highest BCUT2D eigenvalue weighted by Gasteiger charge is 2.23. The van der Waals surface area contributed by atoms with Crippen LogP contribution in [0.3, 0.4) is 0 Å². The summed E-state index contributed by atoms with van der Waals surface area (Å²) in [6.45, 7) is 7.00. The zero-order valence-electron chi connectivity index (χ0n) is 18.3. The first kappa shape index (κ1) is 22.4. The molecule has 9 heteroatoms. The molecule has 0 saturated carbocycles. The number of aromatic nitrogens is 4. The van der Waals surface area contributed by atoms with Gasteiger partial charge in [-0.1, -0.05) is 32.9 Å². The van der Waals surface area contributed by atoms with Gasteiger partial charge in [-0.2, -0.15) is 5.10 Å². The number of hydrogen-bond donors (Lipinski definition) is 0. The molecule has 2 aromatic heterocycles. The van der Waals surface area contributed by atoms with Crippen molar-refractivity contribution in [1.29, 1.82) is 0 Å².